The van der Waals surface area contributed by atoms with E-state index in [1.807, 2.05) is 30.1 Å². The van der Waals surface area contributed by atoms with E-state index in [4.69, 9.17) is 0 Å². The molecule has 0 aromatic carbocycles. The van der Waals surface area contributed by atoms with Crippen LogP contribution in [0.15, 0.2) is 35.6 Å². The van der Waals surface area contributed by atoms with Crippen LogP contribution in [0.4, 0.5) is 24.8 Å². The van der Waals surface area contributed by atoms with Gasteiger partial charge in [-0.3, -0.25) is 4.99 Å². The first-order valence-electron chi connectivity index (χ1n) is 11.1. The third kappa shape index (κ3) is 4.31. The number of anilines is 1. The Bertz CT molecular complexity index is 1190. The molecular weight excluding hydrogens is 431 g/mol. The normalized spacial score (nSPS) is 23.2. The minimum Gasteiger partial charge on any atom is -0.353 e. The Morgan fingerprint density at radius 2 is 2.09 bits per heavy atom. The SMILES string of the molecule is CC1=Nc2ccc(-c3ccn4nc(NCC5CCN(C)C[C@H]5F)ncc34)nc2C1CC(F)F. The number of nitrogens with one attached hydrogen (secondary N) is 1. The number of aliphatic imine (C=N–C) groups is 1. The Hall–Kier alpha value is -3.01. The van der Waals surface area contributed by atoms with Gasteiger partial charge in [-0.15, -0.1) is 5.10 Å². The molecule has 174 valence electrons. The third-order valence-corrected chi connectivity index (χ3v) is 6.54. The topological polar surface area (TPSA) is 70.7 Å². The van der Waals surface area contributed by atoms with Crippen molar-refractivity contribution in [3.8, 4) is 11.3 Å². The average molecular weight is 458 g/mol. The highest BCUT2D eigenvalue weighted by atomic mass is 19.3. The van der Waals surface area contributed by atoms with Gasteiger partial charge in [-0.2, -0.15) is 0 Å². The first kappa shape index (κ1) is 21.8. The number of nitrogens with zero attached hydrogens (tertiary/aromatic N) is 6. The van der Waals surface area contributed by atoms with Crippen molar-refractivity contribution in [3.05, 3.63) is 36.3 Å². The van der Waals surface area contributed by atoms with Crippen LogP contribution in [0, 0.1) is 5.92 Å². The molecule has 2 aliphatic rings. The second-order valence-corrected chi connectivity index (χ2v) is 8.88. The van der Waals surface area contributed by atoms with Gasteiger partial charge in [-0.1, -0.05) is 0 Å². The molecule has 0 radical (unpaired) electrons. The fourth-order valence-corrected chi connectivity index (χ4v) is 4.65. The van der Waals surface area contributed by atoms with Gasteiger partial charge in [0.25, 0.3) is 0 Å². The minimum atomic E-state index is -2.42. The van der Waals surface area contributed by atoms with Crippen molar-refractivity contribution >= 4 is 22.9 Å². The van der Waals surface area contributed by atoms with Gasteiger partial charge in [0.15, 0.2) is 0 Å². The van der Waals surface area contributed by atoms with E-state index in [1.165, 1.54) is 0 Å². The zero-order chi connectivity index (χ0) is 23.1. The summed E-state index contributed by atoms with van der Waals surface area (Å²) >= 11 is 0. The van der Waals surface area contributed by atoms with Crippen molar-refractivity contribution < 1.29 is 13.2 Å². The van der Waals surface area contributed by atoms with Crippen molar-refractivity contribution in [1.82, 2.24) is 24.5 Å². The van der Waals surface area contributed by atoms with Crippen LogP contribution in [0.1, 0.15) is 31.4 Å². The number of pyridine rings is 1. The van der Waals surface area contributed by atoms with Gasteiger partial charge in [0, 0.05) is 48.8 Å². The summed E-state index contributed by atoms with van der Waals surface area (Å²) in [7, 11) is 1.93. The molecule has 0 saturated carbocycles. The summed E-state index contributed by atoms with van der Waals surface area (Å²) < 4.78 is 42.1. The Balaban J connectivity index is 1.35. The van der Waals surface area contributed by atoms with Crippen molar-refractivity contribution in [2.24, 2.45) is 10.9 Å². The van der Waals surface area contributed by atoms with Crippen LogP contribution in [0.25, 0.3) is 16.8 Å². The van der Waals surface area contributed by atoms with Crippen LogP contribution in [0.3, 0.4) is 0 Å². The molecule has 1 fully saturated rings. The number of hydrogen-bond acceptors (Lipinski definition) is 6. The third-order valence-electron chi connectivity index (χ3n) is 6.54. The summed E-state index contributed by atoms with van der Waals surface area (Å²) in [5.41, 5.74) is 4.11. The molecule has 5 rings (SSSR count). The number of hydrogen-bond donors (Lipinski definition) is 1. The zero-order valence-electron chi connectivity index (χ0n) is 18.5. The lowest BCUT2D eigenvalue weighted by Gasteiger charge is -2.32. The van der Waals surface area contributed by atoms with Gasteiger partial charge in [0.05, 0.1) is 28.8 Å². The van der Waals surface area contributed by atoms with E-state index in [0.717, 1.165) is 24.0 Å². The monoisotopic (exact) mass is 457 g/mol. The van der Waals surface area contributed by atoms with E-state index >= 15 is 0 Å². The summed E-state index contributed by atoms with van der Waals surface area (Å²) in [5.74, 6) is -0.110. The summed E-state index contributed by atoms with van der Waals surface area (Å²) in [6.45, 7) is 3.57. The van der Waals surface area contributed by atoms with E-state index in [0.29, 0.717) is 41.8 Å². The number of rotatable bonds is 6. The molecule has 3 atom stereocenters. The molecule has 1 N–H and O–H groups in total. The van der Waals surface area contributed by atoms with E-state index in [9.17, 15) is 13.2 Å². The van der Waals surface area contributed by atoms with Gasteiger partial charge in [0.2, 0.25) is 12.4 Å². The number of halogens is 3. The summed E-state index contributed by atoms with van der Waals surface area (Å²) in [5, 5.41) is 7.66. The van der Waals surface area contributed by atoms with Crippen LogP contribution in [0.5, 0.6) is 0 Å². The maximum absolute atomic E-state index is 14.3. The number of alkyl halides is 3. The maximum Gasteiger partial charge on any atom is 0.241 e. The molecular formula is C23H26F3N7. The van der Waals surface area contributed by atoms with Crippen molar-refractivity contribution in [2.45, 2.75) is 38.3 Å². The molecule has 10 heteroatoms. The molecule has 0 bridgehead atoms. The van der Waals surface area contributed by atoms with Crippen molar-refractivity contribution in [2.75, 3.05) is 32.0 Å². The lowest BCUT2D eigenvalue weighted by atomic mass is 9.95. The predicted molar refractivity (Wildman–Crippen MR) is 121 cm³/mol. The molecule has 3 aromatic rings. The van der Waals surface area contributed by atoms with Gasteiger partial charge < -0.3 is 10.2 Å². The molecule has 5 heterocycles. The zero-order valence-corrected chi connectivity index (χ0v) is 18.5. The molecule has 1 saturated heterocycles. The van der Waals surface area contributed by atoms with Crippen LogP contribution in [0.2, 0.25) is 0 Å². The van der Waals surface area contributed by atoms with Crippen LogP contribution in [-0.4, -0.2) is 69.5 Å². The first-order valence-corrected chi connectivity index (χ1v) is 11.1. The Labute approximate surface area is 189 Å². The van der Waals surface area contributed by atoms with Gasteiger partial charge >= 0.3 is 0 Å². The summed E-state index contributed by atoms with van der Waals surface area (Å²) in [6.07, 6.45) is 0.710. The maximum atomic E-state index is 14.3. The molecule has 0 aliphatic carbocycles. The second kappa shape index (κ2) is 8.74. The number of piperidine rings is 1. The largest absolute Gasteiger partial charge is 0.353 e. The standard InChI is InChI=1S/C23H26F3N7/c1-13-16(9-21(25)26)22-19(29-13)4-3-18(30-22)15-6-8-33-20(15)11-28-23(31-33)27-10-14-5-7-32(2)12-17(14)24/h3-4,6,8,11,14,16-17,21H,5,7,9-10,12H2,1-2H3,(H,27,31)/t14?,16?,17-/m1/s1. The van der Waals surface area contributed by atoms with Gasteiger partial charge in [0.1, 0.15) is 6.17 Å². The van der Waals surface area contributed by atoms with Crippen molar-refractivity contribution in [3.63, 3.8) is 0 Å². The van der Waals surface area contributed by atoms with E-state index < -0.39 is 18.5 Å². The lowest BCUT2D eigenvalue weighted by Crippen LogP contribution is -2.42. The fourth-order valence-electron chi connectivity index (χ4n) is 4.65. The molecule has 2 aliphatic heterocycles. The molecule has 0 spiro atoms. The van der Waals surface area contributed by atoms with Crippen LogP contribution < -0.4 is 5.32 Å². The fraction of sp³-hybridized carbons (Fsp3) is 0.478. The first-order chi connectivity index (χ1) is 15.9. The molecule has 0 amide bonds. The molecule has 2 unspecified atom stereocenters. The van der Waals surface area contributed by atoms with E-state index in [2.05, 4.69) is 25.4 Å². The predicted octanol–water partition coefficient (Wildman–Crippen LogP) is 4.34. The van der Waals surface area contributed by atoms with Gasteiger partial charge in [-0.25, -0.2) is 27.7 Å². The lowest BCUT2D eigenvalue weighted by molar-refractivity contribution is 0.109. The average Bonchev–Trinajstić information content (AvgIpc) is 3.33. The summed E-state index contributed by atoms with van der Waals surface area (Å²) in [4.78, 5) is 15.5. The highest BCUT2D eigenvalue weighted by Gasteiger charge is 2.30. The number of aromatic nitrogens is 4. The highest BCUT2D eigenvalue weighted by molar-refractivity contribution is 5.96. The quantitative estimate of drug-likeness (QED) is 0.596. The Morgan fingerprint density at radius 3 is 2.88 bits per heavy atom. The van der Waals surface area contributed by atoms with Crippen LogP contribution >= 0.6 is 0 Å². The number of likely N-dealkylation sites (tertiary alicyclic amines) is 1. The van der Waals surface area contributed by atoms with Gasteiger partial charge in [-0.05, 0) is 45.1 Å². The Morgan fingerprint density at radius 1 is 1.24 bits per heavy atom. The van der Waals surface area contributed by atoms with E-state index in [1.54, 1.807) is 23.8 Å². The highest BCUT2D eigenvalue weighted by Crippen LogP contribution is 2.39. The minimum absolute atomic E-state index is 0.0665. The molecule has 3 aromatic heterocycles. The smallest absolute Gasteiger partial charge is 0.241 e. The second-order valence-electron chi connectivity index (χ2n) is 8.88. The van der Waals surface area contributed by atoms with Crippen molar-refractivity contribution in [1.29, 1.82) is 0 Å². The molecule has 7 nitrogen and oxygen atoms in total. The summed E-state index contributed by atoms with van der Waals surface area (Å²) in [6, 6.07) is 5.53. The number of fused-ring (bicyclic) bond motifs is 2. The van der Waals surface area contributed by atoms with E-state index in [-0.39, 0.29) is 12.3 Å². The van der Waals surface area contributed by atoms with Crippen LogP contribution in [-0.2, 0) is 0 Å². The Kier molecular flexibility index (Phi) is 5.77. The molecule has 33 heavy (non-hydrogen) atoms.